The van der Waals surface area contributed by atoms with E-state index >= 15 is 0 Å². The number of nitrogens with one attached hydrogen (secondary N) is 1. The molecular formula is C9H14N4S. The summed E-state index contributed by atoms with van der Waals surface area (Å²) in [5, 5.41) is 7.90. The summed E-state index contributed by atoms with van der Waals surface area (Å²) in [6.07, 6.45) is 1.62. The summed E-state index contributed by atoms with van der Waals surface area (Å²) in [5.74, 6) is -0.0249. The Hall–Kier alpha value is -1.10. The summed E-state index contributed by atoms with van der Waals surface area (Å²) in [5.41, 5.74) is 5.81. The third-order valence-corrected chi connectivity index (χ3v) is 2.30. The highest BCUT2D eigenvalue weighted by Gasteiger charge is 2.14. The maximum absolute atomic E-state index is 7.24. The van der Waals surface area contributed by atoms with Crippen molar-refractivity contribution in [3.63, 3.8) is 0 Å². The molecule has 0 saturated heterocycles. The van der Waals surface area contributed by atoms with Crippen LogP contribution in [0.3, 0.4) is 0 Å². The quantitative estimate of drug-likeness (QED) is 0.337. The molecule has 4 nitrogen and oxygen atoms in total. The van der Waals surface area contributed by atoms with Crippen LogP contribution in [0.2, 0.25) is 0 Å². The largest absolute Gasteiger partial charge is 0.382 e. The van der Waals surface area contributed by atoms with Gasteiger partial charge >= 0.3 is 0 Å². The van der Waals surface area contributed by atoms with E-state index in [0.717, 1.165) is 0 Å². The van der Waals surface area contributed by atoms with Crippen LogP contribution >= 0.6 is 11.8 Å². The molecule has 1 rings (SSSR count). The fourth-order valence-corrected chi connectivity index (χ4v) is 1.62. The number of nitrogens with two attached hydrogens (primary N) is 1. The molecule has 3 N–H and O–H groups in total. The zero-order valence-corrected chi connectivity index (χ0v) is 9.35. The molecule has 14 heavy (non-hydrogen) atoms. The zero-order chi connectivity index (χ0) is 10.8. The van der Waals surface area contributed by atoms with Crippen molar-refractivity contribution >= 4 is 17.6 Å². The van der Waals surface area contributed by atoms with Crippen LogP contribution in [0, 0.1) is 5.41 Å². The summed E-state index contributed by atoms with van der Waals surface area (Å²) < 4.78 is 0.0649. The van der Waals surface area contributed by atoms with E-state index < -0.39 is 0 Å². The van der Waals surface area contributed by atoms with Gasteiger partial charge in [0.15, 0.2) is 5.16 Å². The molecule has 5 heteroatoms. The number of amidine groups is 1. The molecule has 0 radical (unpaired) electrons. The highest BCUT2D eigenvalue weighted by Crippen LogP contribution is 2.28. The third kappa shape index (κ3) is 3.33. The minimum absolute atomic E-state index is 0.0249. The average molecular weight is 210 g/mol. The molecular weight excluding hydrogens is 196 g/mol. The maximum atomic E-state index is 7.24. The molecule has 0 fully saturated rings. The van der Waals surface area contributed by atoms with Gasteiger partial charge in [0.2, 0.25) is 0 Å². The van der Waals surface area contributed by atoms with Crippen LogP contribution in [-0.2, 0) is 0 Å². The lowest BCUT2D eigenvalue weighted by molar-refractivity contribution is 0.791. The van der Waals surface area contributed by atoms with Crippen LogP contribution in [0.1, 0.15) is 26.5 Å². The number of hydrogen-bond donors (Lipinski definition) is 2. The molecule has 1 aromatic rings. The molecule has 76 valence electrons. The number of aromatic nitrogens is 2. The summed E-state index contributed by atoms with van der Waals surface area (Å²) in [4.78, 5) is 8.27. The first-order valence-electron chi connectivity index (χ1n) is 4.25. The van der Waals surface area contributed by atoms with Gasteiger partial charge in [0.05, 0.1) is 0 Å². The molecule has 0 atom stereocenters. The lowest BCUT2D eigenvalue weighted by Gasteiger charge is -2.15. The van der Waals surface area contributed by atoms with Crippen molar-refractivity contribution in [3.8, 4) is 0 Å². The first-order chi connectivity index (χ1) is 6.38. The summed E-state index contributed by atoms with van der Waals surface area (Å²) in [6, 6.07) is 1.63. The molecule has 0 bridgehead atoms. The van der Waals surface area contributed by atoms with E-state index in [1.807, 2.05) is 0 Å². The smallest absolute Gasteiger partial charge is 0.188 e. The summed E-state index contributed by atoms with van der Waals surface area (Å²) in [6.45, 7) is 6.25. The molecule has 0 aliphatic carbocycles. The highest BCUT2D eigenvalue weighted by atomic mass is 32.2. The van der Waals surface area contributed by atoms with E-state index in [2.05, 4.69) is 30.7 Å². The van der Waals surface area contributed by atoms with E-state index in [1.54, 1.807) is 24.0 Å². The SMILES string of the molecule is CC(C)(C)Sc1nccc(C(=N)N)n1. The molecule has 0 aliphatic rings. The van der Waals surface area contributed by atoms with Crippen molar-refractivity contribution < 1.29 is 0 Å². The standard InChI is InChI=1S/C9H14N4S/c1-9(2,3)14-8-12-5-4-6(13-8)7(10)11/h4-5H,1-3H3,(H3,10,11). The first-order valence-corrected chi connectivity index (χ1v) is 5.06. The van der Waals surface area contributed by atoms with E-state index in [1.165, 1.54) is 0 Å². The monoisotopic (exact) mass is 210 g/mol. The minimum atomic E-state index is -0.0249. The van der Waals surface area contributed by atoms with Gasteiger partial charge in [0.25, 0.3) is 0 Å². The summed E-state index contributed by atoms with van der Waals surface area (Å²) >= 11 is 1.56. The molecule has 0 unspecified atom stereocenters. The second-order valence-corrected chi connectivity index (χ2v) is 5.65. The lowest BCUT2D eigenvalue weighted by atomic mass is 10.3. The van der Waals surface area contributed by atoms with Crippen LogP contribution in [0.25, 0.3) is 0 Å². The van der Waals surface area contributed by atoms with Gasteiger partial charge in [0, 0.05) is 10.9 Å². The Balaban J connectivity index is 2.89. The second kappa shape index (κ2) is 3.96. The van der Waals surface area contributed by atoms with Crippen molar-refractivity contribution in [2.75, 3.05) is 0 Å². The first kappa shape index (κ1) is 11.0. The number of nitrogen functional groups attached to an aromatic ring is 1. The number of rotatable bonds is 2. The molecule has 1 heterocycles. The van der Waals surface area contributed by atoms with Gasteiger partial charge in [-0.2, -0.15) is 0 Å². The van der Waals surface area contributed by atoms with Crippen molar-refractivity contribution in [2.45, 2.75) is 30.7 Å². The van der Waals surface area contributed by atoms with Gasteiger partial charge in [0.1, 0.15) is 11.5 Å². The Morgan fingerprint density at radius 2 is 2.14 bits per heavy atom. The Morgan fingerprint density at radius 1 is 1.50 bits per heavy atom. The zero-order valence-electron chi connectivity index (χ0n) is 8.53. The van der Waals surface area contributed by atoms with Gasteiger partial charge in [-0.1, -0.05) is 32.5 Å². The normalized spacial score (nSPS) is 11.4. The topological polar surface area (TPSA) is 75.7 Å². The van der Waals surface area contributed by atoms with Crippen LogP contribution in [0.15, 0.2) is 17.4 Å². The van der Waals surface area contributed by atoms with Gasteiger partial charge in [-0.3, -0.25) is 5.41 Å². The minimum Gasteiger partial charge on any atom is -0.382 e. The predicted molar refractivity (Wildman–Crippen MR) is 58.7 cm³/mol. The Kier molecular flexibility index (Phi) is 3.10. The van der Waals surface area contributed by atoms with E-state index in [0.29, 0.717) is 10.9 Å². The van der Waals surface area contributed by atoms with Crippen LogP contribution in [0.5, 0.6) is 0 Å². The molecule has 0 spiro atoms. The number of nitrogens with zero attached hydrogens (tertiary/aromatic N) is 2. The Bertz CT molecular complexity index is 343. The lowest BCUT2D eigenvalue weighted by Crippen LogP contribution is -2.15. The highest BCUT2D eigenvalue weighted by molar-refractivity contribution is 8.00. The van der Waals surface area contributed by atoms with Gasteiger partial charge < -0.3 is 5.73 Å². The summed E-state index contributed by atoms with van der Waals surface area (Å²) in [7, 11) is 0. The van der Waals surface area contributed by atoms with Crippen molar-refractivity contribution in [1.29, 1.82) is 5.41 Å². The molecule has 0 saturated carbocycles. The Morgan fingerprint density at radius 3 is 2.64 bits per heavy atom. The van der Waals surface area contributed by atoms with Gasteiger partial charge in [-0.25, -0.2) is 9.97 Å². The molecule has 1 aromatic heterocycles. The fourth-order valence-electron chi connectivity index (χ4n) is 0.814. The Labute approximate surface area is 87.8 Å². The third-order valence-electron chi connectivity index (χ3n) is 1.31. The van der Waals surface area contributed by atoms with Crippen molar-refractivity contribution in [3.05, 3.63) is 18.0 Å². The van der Waals surface area contributed by atoms with Crippen molar-refractivity contribution in [2.24, 2.45) is 5.73 Å². The maximum Gasteiger partial charge on any atom is 0.188 e. The molecule has 0 aromatic carbocycles. The average Bonchev–Trinajstić information content (AvgIpc) is 2.01. The van der Waals surface area contributed by atoms with Gasteiger partial charge in [-0.05, 0) is 6.07 Å². The predicted octanol–water partition coefficient (Wildman–Crippen LogP) is 1.65. The number of thioether (sulfide) groups is 1. The second-order valence-electron chi connectivity index (χ2n) is 3.85. The van der Waals surface area contributed by atoms with Crippen LogP contribution in [0.4, 0.5) is 0 Å². The van der Waals surface area contributed by atoms with Gasteiger partial charge in [-0.15, -0.1) is 0 Å². The van der Waals surface area contributed by atoms with Crippen LogP contribution in [-0.4, -0.2) is 20.6 Å². The van der Waals surface area contributed by atoms with Crippen molar-refractivity contribution in [1.82, 2.24) is 9.97 Å². The van der Waals surface area contributed by atoms with E-state index in [-0.39, 0.29) is 10.6 Å². The van der Waals surface area contributed by atoms with E-state index in [9.17, 15) is 0 Å². The fraction of sp³-hybridized carbons (Fsp3) is 0.444. The molecule has 0 aliphatic heterocycles. The number of hydrogen-bond acceptors (Lipinski definition) is 4. The molecule has 0 amide bonds. The van der Waals surface area contributed by atoms with E-state index in [4.69, 9.17) is 11.1 Å². The van der Waals surface area contributed by atoms with Crippen LogP contribution < -0.4 is 5.73 Å².